The molecule has 1 N–H and O–H groups in total. The quantitative estimate of drug-likeness (QED) is 0.539. The van der Waals surface area contributed by atoms with Gasteiger partial charge in [0.1, 0.15) is 17.4 Å². The summed E-state index contributed by atoms with van der Waals surface area (Å²) in [6.07, 6.45) is 4.41. The Kier molecular flexibility index (Phi) is 7.99. The fourth-order valence-electron chi connectivity index (χ4n) is 4.86. The Morgan fingerprint density at radius 2 is 1.84 bits per heavy atom. The van der Waals surface area contributed by atoms with Gasteiger partial charge in [0.15, 0.2) is 0 Å². The van der Waals surface area contributed by atoms with Gasteiger partial charge < -0.3 is 15.0 Å². The minimum absolute atomic E-state index is 0.0122. The molecule has 5 nitrogen and oxygen atoms in total. The second-order valence-electron chi connectivity index (χ2n) is 10.4. The molecule has 0 aliphatic carbocycles. The van der Waals surface area contributed by atoms with Gasteiger partial charge in [-0.1, -0.05) is 31.0 Å². The van der Waals surface area contributed by atoms with Gasteiger partial charge >= 0.3 is 0 Å². The molecule has 176 valence electrons. The largest absolute Gasteiger partial charge is 0.486 e. The number of piperidine rings is 1. The highest BCUT2D eigenvalue weighted by atomic mass is 32.1. The molecule has 2 aromatic rings. The number of amides is 1. The lowest BCUT2D eigenvalue weighted by Gasteiger charge is -2.49. The van der Waals surface area contributed by atoms with Crippen LogP contribution in [0.15, 0.2) is 29.6 Å². The zero-order valence-electron chi connectivity index (χ0n) is 20.5. The maximum absolute atomic E-state index is 13.4. The lowest BCUT2D eigenvalue weighted by atomic mass is 9.79. The zero-order valence-corrected chi connectivity index (χ0v) is 21.3. The van der Waals surface area contributed by atoms with Crippen molar-refractivity contribution >= 4 is 17.2 Å². The van der Waals surface area contributed by atoms with Crippen molar-refractivity contribution in [3.8, 4) is 5.75 Å². The normalized spacial score (nSPS) is 17.8. The van der Waals surface area contributed by atoms with E-state index < -0.39 is 0 Å². The predicted molar refractivity (Wildman–Crippen MR) is 132 cm³/mol. The van der Waals surface area contributed by atoms with Gasteiger partial charge in [-0.25, -0.2) is 4.98 Å². The Hall–Kier alpha value is -1.92. The van der Waals surface area contributed by atoms with E-state index in [2.05, 4.69) is 56.7 Å². The maximum Gasteiger partial charge on any atom is 0.228 e. The molecular weight excluding hydrogens is 418 g/mol. The number of rotatable bonds is 9. The highest BCUT2D eigenvalue weighted by Crippen LogP contribution is 2.32. The van der Waals surface area contributed by atoms with Crippen LogP contribution in [0.2, 0.25) is 0 Å². The summed E-state index contributed by atoms with van der Waals surface area (Å²) in [5.74, 6) is 1.03. The van der Waals surface area contributed by atoms with Crippen molar-refractivity contribution in [1.82, 2.24) is 15.2 Å². The van der Waals surface area contributed by atoms with Gasteiger partial charge in [-0.2, -0.15) is 0 Å². The van der Waals surface area contributed by atoms with Crippen LogP contribution in [0.3, 0.4) is 0 Å². The van der Waals surface area contributed by atoms with Crippen LogP contribution in [-0.2, 0) is 17.8 Å². The Bertz CT molecular complexity index is 873. The van der Waals surface area contributed by atoms with Crippen molar-refractivity contribution in [2.24, 2.45) is 0 Å². The standard InChI is InChI=1S/C26H39N3O2S/c1-7-8-13-29(21-15-25(3,4)28-26(5,6)16-21)24(30)14-20-18-32-23(27-20)17-31-22-11-9-19(2)10-12-22/h9-12,18,21,28H,7-8,13-17H2,1-6H3. The topological polar surface area (TPSA) is 54.5 Å². The first kappa shape index (κ1) is 24.7. The average molecular weight is 458 g/mol. The molecule has 32 heavy (non-hydrogen) atoms. The molecule has 1 aliphatic rings. The fraction of sp³-hybridized carbons (Fsp3) is 0.615. The summed E-state index contributed by atoms with van der Waals surface area (Å²) in [7, 11) is 0. The molecule has 0 radical (unpaired) electrons. The van der Waals surface area contributed by atoms with Crippen LogP contribution in [0, 0.1) is 6.92 Å². The van der Waals surface area contributed by atoms with Crippen molar-refractivity contribution in [3.05, 3.63) is 45.9 Å². The van der Waals surface area contributed by atoms with Crippen molar-refractivity contribution in [3.63, 3.8) is 0 Å². The molecule has 6 heteroatoms. The van der Waals surface area contributed by atoms with Crippen LogP contribution in [0.25, 0.3) is 0 Å². The van der Waals surface area contributed by atoms with Crippen LogP contribution in [0.5, 0.6) is 5.75 Å². The summed E-state index contributed by atoms with van der Waals surface area (Å²) < 4.78 is 5.85. The smallest absolute Gasteiger partial charge is 0.228 e. The third-order valence-corrected chi connectivity index (χ3v) is 6.87. The molecule has 1 aromatic carbocycles. The molecule has 0 saturated carbocycles. The molecule has 2 heterocycles. The van der Waals surface area contributed by atoms with Gasteiger partial charge in [0.25, 0.3) is 0 Å². The van der Waals surface area contributed by atoms with E-state index in [1.165, 1.54) is 5.56 Å². The third kappa shape index (κ3) is 7.04. The maximum atomic E-state index is 13.4. The highest BCUT2D eigenvalue weighted by Gasteiger charge is 2.41. The van der Waals surface area contributed by atoms with E-state index >= 15 is 0 Å². The molecule has 0 bridgehead atoms. The first-order valence-electron chi connectivity index (χ1n) is 11.8. The molecule has 1 fully saturated rings. The fourth-order valence-corrected chi connectivity index (χ4v) is 5.57. The number of nitrogens with zero attached hydrogens (tertiary/aromatic N) is 2. The van der Waals surface area contributed by atoms with E-state index in [1.807, 2.05) is 29.6 Å². The molecule has 1 aromatic heterocycles. The number of aromatic nitrogens is 1. The summed E-state index contributed by atoms with van der Waals surface area (Å²) in [6.45, 7) is 14.4. The van der Waals surface area contributed by atoms with Crippen LogP contribution in [0.4, 0.5) is 0 Å². The van der Waals surface area contributed by atoms with E-state index in [0.717, 1.165) is 48.7 Å². The number of hydrogen-bond acceptors (Lipinski definition) is 5. The summed E-state index contributed by atoms with van der Waals surface area (Å²) in [6, 6.07) is 8.27. The van der Waals surface area contributed by atoms with E-state index in [4.69, 9.17) is 4.74 Å². The minimum Gasteiger partial charge on any atom is -0.486 e. The van der Waals surface area contributed by atoms with Gasteiger partial charge in [0.2, 0.25) is 5.91 Å². The Morgan fingerprint density at radius 1 is 1.19 bits per heavy atom. The number of benzene rings is 1. The summed E-state index contributed by atoms with van der Waals surface area (Å²) in [5, 5.41) is 6.63. The number of hydrogen-bond donors (Lipinski definition) is 1. The summed E-state index contributed by atoms with van der Waals surface area (Å²) >= 11 is 1.56. The van der Waals surface area contributed by atoms with Crippen molar-refractivity contribution in [2.75, 3.05) is 6.54 Å². The van der Waals surface area contributed by atoms with Crippen LogP contribution in [0.1, 0.15) is 76.6 Å². The van der Waals surface area contributed by atoms with Crippen LogP contribution < -0.4 is 10.1 Å². The Morgan fingerprint density at radius 3 is 2.47 bits per heavy atom. The van der Waals surface area contributed by atoms with Gasteiger partial charge in [0.05, 0.1) is 12.1 Å². The second kappa shape index (κ2) is 10.3. The van der Waals surface area contributed by atoms with E-state index in [1.54, 1.807) is 11.3 Å². The highest BCUT2D eigenvalue weighted by molar-refractivity contribution is 7.09. The first-order chi connectivity index (χ1) is 15.1. The lowest BCUT2D eigenvalue weighted by molar-refractivity contribution is -0.134. The Labute approximate surface area is 197 Å². The molecule has 0 unspecified atom stereocenters. The second-order valence-corrected chi connectivity index (χ2v) is 11.3. The minimum atomic E-state index is 0.0122. The first-order valence-corrected chi connectivity index (χ1v) is 12.7. The summed E-state index contributed by atoms with van der Waals surface area (Å²) in [4.78, 5) is 20.2. The summed E-state index contributed by atoms with van der Waals surface area (Å²) in [5.41, 5.74) is 2.08. The average Bonchev–Trinajstić information content (AvgIpc) is 3.13. The third-order valence-electron chi connectivity index (χ3n) is 6.00. The molecule has 0 spiro atoms. The monoisotopic (exact) mass is 457 g/mol. The number of aryl methyl sites for hydroxylation is 1. The molecular formula is C26H39N3O2S. The van der Waals surface area contributed by atoms with E-state index in [9.17, 15) is 4.79 Å². The van der Waals surface area contributed by atoms with Gasteiger partial charge in [0, 0.05) is 29.0 Å². The van der Waals surface area contributed by atoms with E-state index in [0.29, 0.717) is 13.0 Å². The molecule has 0 atom stereocenters. The van der Waals surface area contributed by atoms with E-state index in [-0.39, 0.29) is 23.0 Å². The lowest BCUT2D eigenvalue weighted by Crippen LogP contribution is -2.63. The van der Waals surface area contributed by atoms with Gasteiger partial charge in [-0.05, 0) is 66.0 Å². The van der Waals surface area contributed by atoms with Crippen molar-refractivity contribution in [2.45, 2.75) is 97.4 Å². The molecule has 1 saturated heterocycles. The van der Waals surface area contributed by atoms with Gasteiger partial charge in [-0.15, -0.1) is 11.3 Å². The van der Waals surface area contributed by atoms with Crippen molar-refractivity contribution < 1.29 is 9.53 Å². The van der Waals surface area contributed by atoms with Crippen LogP contribution >= 0.6 is 11.3 Å². The number of carbonyl (C=O) groups excluding carboxylic acids is 1. The Balaban J connectivity index is 1.64. The van der Waals surface area contributed by atoms with Gasteiger partial charge in [-0.3, -0.25) is 4.79 Å². The number of ether oxygens (including phenoxy) is 1. The predicted octanol–water partition coefficient (Wildman–Crippen LogP) is 5.51. The molecule has 1 aliphatic heterocycles. The number of unbranched alkanes of at least 4 members (excludes halogenated alkanes) is 1. The van der Waals surface area contributed by atoms with Crippen molar-refractivity contribution in [1.29, 1.82) is 0 Å². The number of thiazole rings is 1. The zero-order chi connectivity index (χ0) is 23.4. The molecule has 1 amide bonds. The number of nitrogens with one attached hydrogen (secondary N) is 1. The molecule has 3 rings (SSSR count). The SMILES string of the molecule is CCCCN(C(=O)Cc1csc(COc2ccc(C)cc2)n1)C1CC(C)(C)NC(C)(C)C1. The van der Waals surface area contributed by atoms with Crippen LogP contribution in [-0.4, -0.2) is 39.5 Å². The number of carbonyl (C=O) groups is 1.